The number of carbonyl (C=O) groups is 2. The Morgan fingerprint density at radius 2 is 1.53 bits per heavy atom. The number of carbonyl (C=O) groups excluding carboxylic acids is 2. The Balaban J connectivity index is 1.62. The Kier molecular flexibility index (Phi) is 6.30. The van der Waals surface area contributed by atoms with Crippen molar-refractivity contribution in [2.45, 2.75) is 20.8 Å². The Morgan fingerprint density at radius 1 is 0.882 bits per heavy atom. The molecule has 0 radical (unpaired) electrons. The Hall–Kier alpha value is -3.84. The number of aromatic hydroxyl groups is 2. The fraction of sp³-hybridized carbons (Fsp3) is 0.185. The molecule has 0 fully saturated rings. The Morgan fingerprint density at radius 3 is 2.18 bits per heavy atom. The third-order valence-electron chi connectivity index (χ3n) is 5.17. The fourth-order valence-electron chi connectivity index (χ4n) is 3.34. The summed E-state index contributed by atoms with van der Waals surface area (Å²) in [6.07, 6.45) is 0. The Labute approximate surface area is 201 Å². The van der Waals surface area contributed by atoms with E-state index in [1.165, 1.54) is 11.3 Å². The molecule has 4 rings (SSSR count). The number of ketones is 1. The molecule has 0 saturated carbocycles. The molecule has 6 nitrogen and oxygen atoms in total. The molecule has 0 atom stereocenters. The number of phenols is 2. The standard InChI is InChI=1S/C27H24O6S/c1-27(2,3)26(31)33-15-32-20-11-6-16(7-12-20)24(30)23-21-13-10-19(29)14-22(21)34-25(23)17-4-8-18(28)9-5-17/h4-14,28-29H,15H2,1-3H3. The molecule has 0 aliphatic carbocycles. The third-order valence-corrected chi connectivity index (χ3v) is 6.38. The highest BCUT2D eigenvalue weighted by molar-refractivity contribution is 7.22. The first-order chi connectivity index (χ1) is 16.1. The minimum absolute atomic E-state index is 0.124. The van der Waals surface area contributed by atoms with Gasteiger partial charge in [0.1, 0.15) is 17.2 Å². The first kappa shape index (κ1) is 23.3. The zero-order chi connectivity index (χ0) is 24.5. The Bertz CT molecular complexity index is 1350. The van der Waals surface area contributed by atoms with Crippen molar-refractivity contribution in [1.29, 1.82) is 0 Å². The van der Waals surface area contributed by atoms with Crippen molar-refractivity contribution in [3.8, 4) is 27.7 Å². The molecule has 0 aliphatic heterocycles. The molecule has 0 spiro atoms. The van der Waals surface area contributed by atoms with Gasteiger partial charge in [0.25, 0.3) is 0 Å². The van der Waals surface area contributed by atoms with E-state index in [0.717, 1.165) is 20.5 Å². The van der Waals surface area contributed by atoms with E-state index in [9.17, 15) is 19.8 Å². The van der Waals surface area contributed by atoms with Crippen LogP contribution in [0, 0.1) is 5.41 Å². The molecule has 0 saturated heterocycles. The summed E-state index contributed by atoms with van der Waals surface area (Å²) in [5, 5.41) is 20.3. The first-order valence-electron chi connectivity index (χ1n) is 10.6. The molecule has 174 valence electrons. The lowest BCUT2D eigenvalue weighted by molar-refractivity contribution is -0.159. The van der Waals surface area contributed by atoms with Crippen molar-refractivity contribution in [2.75, 3.05) is 6.79 Å². The van der Waals surface area contributed by atoms with E-state index < -0.39 is 5.41 Å². The molecule has 0 aliphatic rings. The van der Waals surface area contributed by atoms with Gasteiger partial charge in [-0.1, -0.05) is 0 Å². The maximum absolute atomic E-state index is 13.6. The third kappa shape index (κ3) is 4.89. The highest BCUT2D eigenvalue weighted by atomic mass is 32.1. The van der Waals surface area contributed by atoms with E-state index in [-0.39, 0.29) is 30.0 Å². The van der Waals surface area contributed by atoms with Gasteiger partial charge in [-0.2, -0.15) is 0 Å². The molecule has 1 aromatic heterocycles. The quantitative estimate of drug-likeness (QED) is 0.197. The van der Waals surface area contributed by atoms with Crippen molar-refractivity contribution in [3.63, 3.8) is 0 Å². The van der Waals surface area contributed by atoms with Crippen LogP contribution in [0.1, 0.15) is 36.7 Å². The highest BCUT2D eigenvalue weighted by Crippen LogP contribution is 2.41. The van der Waals surface area contributed by atoms with Crippen LogP contribution in [0.3, 0.4) is 0 Å². The SMILES string of the molecule is CC(C)(C)C(=O)OCOc1ccc(C(=O)c2c(-c3ccc(O)cc3)sc3cc(O)ccc23)cc1. The van der Waals surface area contributed by atoms with E-state index in [1.54, 1.807) is 87.5 Å². The number of thiophene rings is 1. The van der Waals surface area contributed by atoms with Crippen LogP contribution >= 0.6 is 11.3 Å². The summed E-state index contributed by atoms with van der Waals surface area (Å²) in [5.74, 6) is 0.192. The first-order valence-corrected chi connectivity index (χ1v) is 11.4. The topological polar surface area (TPSA) is 93.1 Å². The molecule has 0 bridgehead atoms. The van der Waals surface area contributed by atoms with E-state index in [1.807, 2.05) is 0 Å². The van der Waals surface area contributed by atoms with Crippen molar-refractivity contribution < 1.29 is 29.3 Å². The van der Waals surface area contributed by atoms with Crippen LogP contribution in [0.25, 0.3) is 20.5 Å². The summed E-state index contributed by atoms with van der Waals surface area (Å²) in [7, 11) is 0. The van der Waals surface area contributed by atoms with Crippen LogP contribution in [0.5, 0.6) is 17.2 Å². The summed E-state index contributed by atoms with van der Waals surface area (Å²) < 4.78 is 11.4. The minimum Gasteiger partial charge on any atom is -0.508 e. The monoisotopic (exact) mass is 476 g/mol. The maximum atomic E-state index is 13.6. The summed E-state index contributed by atoms with van der Waals surface area (Å²) in [6, 6.07) is 18.2. The number of benzene rings is 3. The summed E-state index contributed by atoms with van der Waals surface area (Å²) >= 11 is 1.40. The second-order valence-electron chi connectivity index (χ2n) is 8.83. The lowest BCUT2D eigenvalue weighted by Gasteiger charge is -2.16. The number of hydrogen-bond donors (Lipinski definition) is 2. The molecular formula is C27H24O6S. The summed E-state index contributed by atoms with van der Waals surface area (Å²) in [6.45, 7) is 5.07. The van der Waals surface area contributed by atoms with Gasteiger partial charge in [-0.15, -0.1) is 11.3 Å². The molecular weight excluding hydrogens is 452 g/mol. The predicted octanol–water partition coefficient (Wildman–Crippen LogP) is 6.14. The number of fused-ring (bicyclic) bond motifs is 1. The van der Waals surface area contributed by atoms with Crippen molar-refractivity contribution in [2.24, 2.45) is 5.41 Å². The fourth-order valence-corrected chi connectivity index (χ4v) is 4.58. The average Bonchev–Trinajstić information content (AvgIpc) is 3.17. The number of hydrogen-bond acceptors (Lipinski definition) is 7. The lowest BCUT2D eigenvalue weighted by Crippen LogP contribution is -2.24. The maximum Gasteiger partial charge on any atom is 0.314 e. The number of esters is 1. The number of ether oxygens (including phenoxy) is 2. The smallest absolute Gasteiger partial charge is 0.314 e. The number of rotatable bonds is 6. The zero-order valence-electron chi connectivity index (χ0n) is 19.0. The van der Waals surface area contributed by atoms with Gasteiger partial charge < -0.3 is 19.7 Å². The van der Waals surface area contributed by atoms with E-state index in [4.69, 9.17) is 9.47 Å². The van der Waals surface area contributed by atoms with Crippen LogP contribution < -0.4 is 4.74 Å². The molecule has 34 heavy (non-hydrogen) atoms. The number of phenolic OH excluding ortho intramolecular Hbond substituents is 2. The highest BCUT2D eigenvalue weighted by Gasteiger charge is 2.24. The van der Waals surface area contributed by atoms with E-state index in [2.05, 4.69) is 0 Å². The van der Waals surface area contributed by atoms with E-state index in [0.29, 0.717) is 16.9 Å². The normalized spacial score (nSPS) is 11.4. The van der Waals surface area contributed by atoms with Gasteiger partial charge in [-0.25, -0.2) is 0 Å². The van der Waals surface area contributed by atoms with Gasteiger partial charge in [0.15, 0.2) is 5.78 Å². The van der Waals surface area contributed by atoms with Gasteiger partial charge >= 0.3 is 5.97 Å². The molecule has 0 unspecified atom stereocenters. The molecule has 4 aromatic rings. The van der Waals surface area contributed by atoms with Gasteiger partial charge in [0, 0.05) is 26.1 Å². The van der Waals surface area contributed by atoms with Gasteiger partial charge in [-0.3, -0.25) is 9.59 Å². The van der Waals surface area contributed by atoms with Crippen molar-refractivity contribution in [3.05, 3.63) is 77.9 Å². The van der Waals surface area contributed by atoms with Gasteiger partial charge in [0.2, 0.25) is 6.79 Å². The van der Waals surface area contributed by atoms with Crippen LogP contribution in [-0.4, -0.2) is 28.8 Å². The van der Waals surface area contributed by atoms with E-state index >= 15 is 0 Å². The predicted molar refractivity (Wildman–Crippen MR) is 132 cm³/mol. The molecule has 0 amide bonds. The zero-order valence-corrected chi connectivity index (χ0v) is 19.8. The van der Waals surface area contributed by atoms with Crippen molar-refractivity contribution >= 4 is 33.2 Å². The van der Waals surface area contributed by atoms with Gasteiger partial charge in [0.05, 0.1) is 5.41 Å². The molecule has 1 heterocycles. The average molecular weight is 477 g/mol. The van der Waals surface area contributed by atoms with Crippen LogP contribution in [0.4, 0.5) is 0 Å². The lowest BCUT2D eigenvalue weighted by atomic mass is 9.97. The van der Waals surface area contributed by atoms with Crippen LogP contribution in [-0.2, 0) is 9.53 Å². The molecule has 7 heteroatoms. The van der Waals surface area contributed by atoms with Crippen LogP contribution in [0.15, 0.2) is 66.7 Å². The minimum atomic E-state index is -0.616. The van der Waals surface area contributed by atoms with Crippen molar-refractivity contribution in [1.82, 2.24) is 0 Å². The van der Waals surface area contributed by atoms with Gasteiger partial charge in [-0.05, 0) is 93.1 Å². The van der Waals surface area contributed by atoms with Crippen LogP contribution in [0.2, 0.25) is 0 Å². The largest absolute Gasteiger partial charge is 0.508 e. The second-order valence-corrected chi connectivity index (χ2v) is 9.88. The summed E-state index contributed by atoms with van der Waals surface area (Å²) in [5.41, 5.74) is 1.17. The second kappa shape index (κ2) is 9.19. The molecule has 2 N–H and O–H groups in total. The molecule has 3 aromatic carbocycles. The summed E-state index contributed by atoms with van der Waals surface area (Å²) in [4.78, 5) is 26.2.